The second-order valence-corrected chi connectivity index (χ2v) is 3.99. The summed E-state index contributed by atoms with van der Waals surface area (Å²) in [7, 11) is 0. The van der Waals surface area contributed by atoms with Gasteiger partial charge < -0.3 is 9.29 Å². The molecule has 0 amide bonds. The van der Waals surface area contributed by atoms with E-state index in [1.807, 2.05) is 6.92 Å². The van der Waals surface area contributed by atoms with Crippen LogP contribution in [0, 0.1) is 0 Å². The molecule has 13 heavy (non-hydrogen) atoms. The summed E-state index contributed by atoms with van der Waals surface area (Å²) in [6.07, 6.45) is 1.83. The van der Waals surface area contributed by atoms with Crippen LogP contribution < -0.4 is 0 Å². The topological polar surface area (TPSA) is 66.4 Å². The fourth-order valence-corrected chi connectivity index (χ4v) is 1.71. The Bertz CT molecular complexity index is 181. The first kappa shape index (κ1) is 12.6. The average Bonchev–Trinajstić information content (AvgIpc) is 2.02. The monoisotopic (exact) mass is 207 g/mol. The summed E-state index contributed by atoms with van der Waals surface area (Å²) in [5.41, 5.74) is 0. The SMILES string of the molecule is CCCC(CCOC(C)=O)S(=O)[O-]. The predicted octanol–water partition coefficient (Wildman–Crippen LogP) is 0.987. The van der Waals surface area contributed by atoms with Crippen molar-refractivity contribution in [1.29, 1.82) is 0 Å². The largest absolute Gasteiger partial charge is 0.772 e. The summed E-state index contributed by atoms with van der Waals surface area (Å²) in [5, 5.41) is -0.385. The van der Waals surface area contributed by atoms with Gasteiger partial charge in [-0.25, -0.2) is 0 Å². The first-order valence-corrected chi connectivity index (χ1v) is 5.43. The van der Waals surface area contributed by atoms with Crippen molar-refractivity contribution >= 4 is 17.0 Å². The third-order valence-corrected chi connectivity index (χ3v) is 2.64. The van der Waals surface area contributed by atoms with Gasteiger partial charge in [0.15, 0.2) is 0 Å². The van der Waals surface area contributed by atoms with E-state index in [0.717, 1.165) is 6.42 Å². The van der Waals surface area contributed by atoms with Gasteiger partial charge in [-0.05, 0) is 12.8 Å². The smallest absolute Gasteiger partial charge is 0.302 e. The van der Waals surface area contributed by atoms with Gasteiger partial charge in [-0.3, -0.25) is 9.00 Å². The fourth-order valence-electron chi connectivity index (χ4n) is 0.993. The second kappa shape index (κ2) is 7.03. The number of esters is 1. The highest BCUT2D eigenvalue weighted by molar-refractivity contribution is 7.79. The Morgan fingerprint density at radius 1 is 1.54 bits per heavy atom. The minimum Gasteiger partial charge on any atom is -0.772 e. The highest BCUT2D eigenvalue weighted by atomic mass is 32.2. The highest BCUT2D eigenvalue weighted by Gasteiger charge is 2.08. The van der Waals surface area contributed by atoms with Gasteiger partial charge in [-0.1, -0.05) is 24.4 Å². The van der Waals surface area contributed by atoms with Crippen molar-refractivity contribution in [3.05, 3.63) is 0 Å². The molecule has 0 saturated carbocycles. The van der Waals surface area contributed by atoms with Crippen LogP contribution in [0.2, 0.25) is 0 Å². The van der Waals surface area contributed by atoms with Gasteiger partial charge in [-0.2, -0.15) is 0 Å². The second-order valence-electron chi connectivity index (χ2n) is 2.80. The van der Waals surface area contributed by atoms with Crippen LogP contribution in [0.15, 0.2) is 0 Å². The lowest BCUT2D eigenvalue weighted by molar-refractivity contribution is -0.141. The van der Waals surface area contributed by atoms with Crippen molar-refractivity contribution in [2.45, 2.75) is 38.4 Å². The minimum absolute atomic E-state index is 0.188. The molecule has 5 heteroatoms. The first-order chi connectivity index (χ1) is 6.07. The Balaban J connectivity index is 3.69. The standard InChI is InChI=1S/C8H16O4S/c1-3-4-8(13(10)11)5-6-12-7(2)9/h8H,3-6H2,1-2H3,(H,10,11)/p-1. The van der Waals surface area contributed by atoms with Crippen molar-refractivity contribution in [3.8, 4) is 0 Å². The van der Waals surface area contributed by atoms with Gasteiger partial charge in [0, 0.05) is 12.2 Å². The van der Waals surface area contributed by atoms with Gasteiger partial charge in [0.25, 0.3) is 0 Å². The van der Waals surface area contributed by atoms with Gasteiger partial charge in [-0.15, -0.1) is 0 Å². The van der Waals surface area contributed by atoms with E-state index >= 15 is 0 Å². The first-order valence-electron chi connectivity index (χ1n) is 4.29. The Hall–Kier alpha value is -0.420. The maximum absolute atomic E-state index is 10.6. The summed E-state index contributed by atoms with van der Waals surface area (Å²) < 4.78 is 25.9. The molecule has 0 N–H and O–H groups in total. The van der Waals surface area contributed by atoms with E-state index in [2.05, 4.69) is 4.74 Å². The molecule has 0 aliphatic rings. The Morgan fingerprint density at radius 3 is 2.54 bits per heavy atom. The Labute approximate surface area is 80.9 Å². The number of hydrogen-bond donors (Lipinski definition) is 0. The molecule has 78 valence electrons. The lowest BCUT2D eigenvalue weighted by Gasteiger charge is -2.18. The zero-order valence-electron chi connectivity index (χ0n) is 7.95. The lowest BCUT2D eigenvalue weighted by Crippen LogP contribution is -2.17. The number of carbonyl (C=O) groups is 1. The van der Waals surface area contributed by atoms with Gasteiger partial charge in [0.1, 0.15) is 0 Å². The molecule has 0 aliphatic carbocycles. The molecule has 0 spiro atoms. The third-order valence-electron chi connectivity index (χ3n) is 1.63. The Morgan fingerprint density at radius 2 is 2.15 bits per heavy atom. The Kier molecular flexibility index (Phi) is 6.80. The van der Waals surface area contributed by atoms with E-state index in [-0.39, 0.29) is 17.8 Å². The van der Waals surface area contributed by atoms with E-state index < -0.39 is 11.1 Å². The number of ether oxygens (including phenoxy) is 1. The average molecular weight is 207 g/mol. The maximum Gasteiger partial charge on any atom is 0.302 e. The molecule has 0 heterocycles. The molecule has 0 radical (unpaired) electrons. The summed E-state index contributed by atoms with van der Waals surface area (Å²) in [4.78, 5) is 10.4. The van der Waals surface area contributed by atoms with Gasteiger partial charge in [0.2, 0.25) is 0 Å². The molecular weight excluding hydrogens is 192 g/mol. The molecular formula is C8H15O4S-. The van der Waals surface area contributed by atoms with Crippen molar-refractivity contribution in [2.75, 3.05) is 6.61 Å². The molecule has 0 rings (SSSR count). The summed E-state index contributed by atoms with van der Waals surface area (Å²) in [6, 6.07) is 0. The van der Waals surface area contributed by atoms with Crippen LogP contribution in [0.5, 0.6) is 0 Å². The molecule has 0 fully saturated rings. The van der Waals surface area contributed by atoms with E-state index in [1.54, 1.807) is 0 Å². The van der Waals surface area contributed by atoms with Crippen LogP contribution in [0.3, 0.4) is 0 Å². The molecule has 0 aliphatic heterocycles. The molecule has 2 atom stereocenters. The van der Waals surface area contributed by atoms with Gasteiger partial charge in [0.05, 0.1) is 6.61 Å². The minimum atomic E-state index is -2.06. The summed E-state index contributed by atoms with van der Waals surface area (Å²) in [6.45, 7) is 3.42. The van der Waals surface area contributed by atoms with Crippen molar-refractivity contribution in [1.82, 2.24) is 0 Å². The molecule has 2 unspecified atom stereocenters. The lowest BCUT2D eigenvalue weighted by atomic mass is 10.2. The van der Waals surface area contributed by atoms with Crippen LogP contribution >= 0.6 is 0 Å². The third kappa shape index (κ3) is 6.72. The van der Waals surface area contributed by atoms with E-state index in [1.165, 1.54) is 6.92 Å². The van der Waals surface area contributed by atoms with Crippen molar-refractivity contribution in [3.63, 3.8) is 0 Å². The van der Waals surface area contributed by atoms with Crippen LogP contribution in [-0.4, -0.2) is 26.6 Å². The molecule has 0 aromatic heterocycles. The normalized spacial score (nSPS) is 15.0. The molecule has 0 aromatic carbocycles. The quantitative estimate of drug-likeness (QED) is 0.481. The van der Waals surface area contributed by atoms with E-state index in [9.17, 15) is 13.6 Å². The molecule has 0 saturated heterocycles. The number of carbonyl (C=O) groups excluding carboxylic acids is 1. The van der Waals surface area contributed by atoms with Gasteiger partial charge >= 0.3 is 5.97 Å². The van der Waals surface area contributed by atoms with Crippen molar-refractivity contribution < 1.29 is 18.3 Å². The predicted molar refractivity (Wildman–Crippen MR) is 48.9 cm³/mol. The van der Waals surface area contributed by atoms with E-state index in [4.69, 9.17) is 0 Å². The molecule has 0 aromatic rings. The van der Waals surface area contributed by atoms with Crippen LogP contribution in [0.25, 0.3) is 0 Å². The van der Waals surface area contributed by atoms with Crippen LogP contribution in [0.4, 0.5) is 0 Å². The fraction of sp³-hybridized carbons (Fsp3) is 0.875. The highest BCUT2D eigenvalue weighted by Crippen LogP contribution is 2.08. The van der Waals surface area contributed by atoms with E-state index in [0.29, 0.717) is 12.8 Å². The zero-order chi connectivity index (χ0) is 10.3. The van der Waals surface area contributed by atoms with Crippen LogP contribution in [-0.2, 0) is 20.6 Å². The number of rotatable bonds is 6. The summed E-state index contributed by atoms with van der Waals surface area (Å²) >= 11 is -2.06. The summed E-state index contributed by atoms with van der Waals surface area (Å²) in [5.74, 6) is -0.369. The zero-order valence-corrected chi connectivity index (χ0v) is 8.76. The molecule has 4 nitrogen and oxygen atoms in total. The van der Waals surface area contributed by atoms with Crippen LogP contribution in [0.1, 0.15) is 33.1 Å². The van der Waals surface area contributed by atoms with Crippen molar-refractivity contribution in [2.24, 2.45) is 0 Å². The maximum atomic E-state index is 10.6. The molecule has 0 bridgehead atoms. The number of hydrogen-bond acceptors (Lipinski definition) is 4.